The fourth-order valence-electron chi connectivity index (χ4n) is 8.95. The van der Waals surface area contributed by atoms with Crippen LogP contribution in [0, 0.1) is 0 Å². The molecule has 11 aromatic carbocycles. The van der Waals surface area contributed by atoms with Crippen LogP contribution in [0.2, 0.25) is 0 Å². The molecule has 0 N–H and O–H groups in total. The standard InChI is InChI=1S/C48H26O/c1-2-10-42-36(9-1)41-26-34-16-15-33(35-21-17-31-13-11-27-5-3-7-29-18-22-37(35)45(31)43(27)29)25-40(34)47(48(41)49-42)39-24-20-32-14-12-28-6-4-8-30-19-23-38(39)46(32)44(28)30/h1-26H. The van der Waals surface area contributed by atoms with Crippen molar-refractivity contribution < 1.29 is 4.42 Å². The van der Waals surface area contributed by atoms with Gasteiger partial charge >= 0.3 is 0 Å². The topological polar surface area (TPSA) is 13.1 Å². The molecule has 12 rings (SSSR count). The molecule has 0 bridgehead atoms. The first-order chi connectivity index (χ1) is 24.3. The Morgan fingerprint density at radius 2 is 0.837 bits per heavy atom. The molecule has 0 unspecified atom stereocenters. The largest absolute Gasteiger partial charge is 0.455 e. The van der Waals surface area contributed by atoms with Crippen molar-refractivity contribution in [2.24, 2.45) is 0 Å². The van der Waals surface area contributed by atoms with Crippen LogP contribution in [-0.2, 0) is 0 Å². The molecule has 224 valence electrons. The molecule has 0 spiro atoms. The minimum atomic E-state index is 0.916. The molecule has 0 atom stereocenters. The predicted octanol–water partition coefficient (Wildman–Crippen LogP) is 13.9. The summed E-state index contributed by atoms with van der Waals surface area (Å²) in [6.45, 7) is 0. The van der Waals surface area contributed by atoms with Crippen LogP contribution >= 0.6 is 0 Å². The van der Waals surface area contributed by atoms with Gasteiger partial charge in [-0.1, -0.05) is 140 Å². The monoisotopic (exact) mass is 618 g/mol. The van der Waals surface area contributed by atoms with Crippen LogP contribution < -0.4 is 0 Å². The Bertz CT molecular complexity index is 3290. The highest BCUT2D eigenvalue weighted by Gasteiger charge is 2.21. The SMILES string of the molecule is c1cc2ccc3ccc(-c4ccc5cc6c(oc7ccccc76)c(-c6ccc7ccc8cccc9ccc6c7c89)c5c4)c4ccc(c1)c2c34. The van der Waals surface area contributed by atoms with E-state index < -0.39 is 0 Å². The molecule has 0 aliphatic carbocycles. The molecule has 0 saturated carbocycles. The lowest BCUT2D eigenvalue weighted by atomic mass is 9.86. The molecule has 0 saturated heterocycles. The molecule has 1 heteroatoms. The summed E-state index contributed by atoms with van der Waals surface area (Å²) in [6.07, 6.45) is 0. The van der Waals surface area contributed by atoms with Gasteiger partial charge in [-0.3, -0.25) is 0 Å². The summed E-state index contributed by atoms with van der Waals surface area (Å²) in [5, 5.41) is 20.2. The smallest absolute Gasteiger partial charge is 0.143 e. The van der Waals surface area contributed by atoms with Crippen LogP contribution in [0.25, 0.3) is 120 Å². The summed E-state index contributed by atoms with van der Waals surface area (Å²) in [6, 6.07) is 58.4. The van der Waals surface area contributed by atoms with Crippen molar-refractivity contribution >= 4 is 97.3 Å². The molecule has 0 aliphatic rings. The zero-order chi connectivity index (χ0) is 31.8. The molecule has 12 aromatic rings. The van der Waals surface area contributed by atoms with Gasteiger partial charge in [-0.25, -0.2) is 0 Å². The number of furan rings is 1. The normalized spacial score (nSPS) is 12.5. The van der Waals surface area contributed by atoms with Crippen LogP contribution in [-0.4, -0.2) is 0 Å². The summed E-state index contributed by atoms with van der Waals surface area (Å²) in [5.41, 5.74) is 6.67. The molecule has 1 heterocycles. The zero-order valence-corrected chi connectivity index (χ0v) is 26.4. The third kappa shape index (κ3) is 3.34. The van der Waals surface area contributed by atoms with Crippen molar-refractivity contribution in [3.63, 3.8) is 0 Å². The lowest BCUT2D eigenvalue weighted by Gasteiger charge is -2.17. The molecule has 0 fully saturated rings. The van der Waals surface area contributed by atoms with Gasteiger partial charge in [-0.15, -0.1) is 0 Å². The Hall–Kier alpha value is -6.44. The van der Waals surface area contributed by atoms with Gasteiger partial charge in [0.1, 0.15) is 11.2 Å². The van der Waals surface area contributed by atoms with Crippen molar-refractivity contribution in [2.75, 3.05) is 0 Å². The second kappa shape index (κ2) is 9.13. The van der Waals surface area contributed by atoms with E-state index in [1.165, 1.54) is 92.1 Å². The van der Waals surface area contributed by atoms with E-state index >= 15 is 0 Å². The number of benzene rings is 11. The van der Waals surface area contributed by atoms with Crippen molar-refractivity contribution in [3.8, 4) is 22.3 Å². The van der Waals surface area contributed by atoms with Crippen LogP contribution in [0.15, 0.2) is 162 Å². The summed E-state index contributed by atoms with van der Waals surface area (Å²) < 4.78 is 6.83. The van der Waals surface area contributed by atoms with Crippen molar-refractivity contribution in [2.45, 2.75) is 0 Å². The average molecular weight is 619 g/mol. The molecule has 0 radical (unpaired) electrons. The van der Waals surface area contributed by atoms with Gasteiger partial charge in [-0.05, 0) is 110 Å². The highest BCUT2D eigenvalue weighted by atomic mass is 16.3. The van der Waals surface area contributed by atoms with E-state index in [1.807, 2.05) is 0 Å². The van der Waals surface area contributed by atoms with Gasteiger partial charge in [0.2, 0.25) is 0 Å². The number of hydrogen-bond acceptors (Lipinski definition) is 1. The molecule has 49 heavy (non-hydrogen) atoms. The third-order valence-electron chi connectivity index (χ3n) is 11.1. The van der Waals surface area contributed by atoms with Gasteiger partial charge in [0.05, 0.1) is 0 Å². The fraction of sp³-hybridized carbons (Fsp3) is 0. The van der Waals surface area contributed by atoms with Crippen LogP contribution in [0.4, 0.5) is 0 Å². The number of para-hydroxylation sites is 1. The maximum atomic E-state index is 6.83. The molecule has 1 nitrogen and oxygen atoms in total. The average Bonchev–Trinajstić information content (AvgIpc) is 3.53. The fourth-order valence-corrected chi connectivity index (χ4v) is 8.95. The molecular weight excluding hydrogens is 593 g/mol. The van der Waals surface area contributed by atoms with E-state index in [1.54, 1.807) is 0 Å². The highest BCUT2D eigenvalue weighted by molar-refractivity contribution is 6.29. The number of rotatable bonds is 2. The first-order valence-corrected chi connectivity index (χ1v) is 17.0. The van der Waals surface area contributed by atoms with Gasteiger partial charge < -0.3 is 4.42 Å². The number of fused-ring (bicyclic) bond motifs is 4. The Kier molecular flexibility index (Phi) is 4.77. The summed E-state index contributed by atoms with van der Waals surface area (Å²) >= 11 is 0. The lowest BCUT2D eigenvalue weighted by molar-refractivity contribution is 0.670. The summed E-state index contributed by atoms with van der Waals surface area (Å²) in [5.74, 6) is 0. The Morgan fingerprint density at radius 3 is 1.51 bits per heavy atom. The molecule has 0 amide bonds. The van der Waals surface area contributed by atoms with E-state index in [0.717, 1.165) is 27.5 Å². The second-order valence-corrected chi connectivity index (χ2v) is 13.6. The van der Waals surface area contributed by atoms with Crippen molar-refractivity contribution in [1.29, 1.82) is 0 Å². The Morgan fingerprint density at radius 1 is 0.306 bits per heavy atom. The van der Waals surface area contributed by atoms with Gasteiger partial charge in [-0.2, -0.15) is 0 Å². The Balaban J connectivity index is 1.22. The number of hydrogen-bond donors (Lipinski definition) is 0. The van der Waals surface area contributed by atoms with Gasteiger partial charge in [0.25, 0.3) is 0 Å². The maximum Gasteiger partial charge on any atom is 0.143 e. The molecular formula is C48H26O. The lowest BCUT2D eigenvalue weighted by Crippen LogP contribution is -1.90. The predicted molar refractivity (Wildman–Crippen MR) is 210 cm³/mol. The van der Waals surface area contributed by atoms with E-state index in [4.69, 9.17) is 4.42 Å². The van der Waals surface area contributed by atoms with E-state index in [2.05, 4.69) is 158 Å². The first kappa shape index (κ1) is 25.6. The highest BCUT2D eigenvalue weighted by Crippen LogP contribution is 2.47. The van der Waals surface area contributed by atoms with Crippen LogP contribution in [0.1, 0.15) is 0 Å². The van der Waals surface area contributed by atoms with E-state index in [0.29, 0.717) is 0 Å². The van der Waals surface area contributed by atoms with Crippen molar-refractivity contribution in [1.82, 2.24) is 0 Å². The van der Waals surface area contributed by atoms with E-state index in [9.17, 15) is 0 Å². The zero-order valence-electron chi connectivity index (χ0n) is 26.4. The van der Waals surface area contributed by atoms with Crippen LogP contribution in [0.3, 0.4) is 0 Å². The second-order valence-electron chi connectivity index (χ2n) is 13.6. The minimum absolute atomic E-state index is 0.916. The quantitative estimate of drug-likeness (QED) is 0.176. The minimum Gasteiger partial charge on any atom is -0.455 e. The van der Waals surface area contributed by atoms with E-state index in [-0.39, 0.29) is 0 Å². The van der Waals surface area contributed by atoms with Gasteiger partial charge in [0.15, 0.2) is 0 Å². The first-order valence-electron chi connectivity index (χ1n) is 17.0. The van der Waals surface area contributed by atoms with Gasteiger partial charge in [0, 0.05) is 16.3 Å². The van der Waals surface area contributed by atoms with Crippen molar-refractivity contribution in [3.05, 3.63) is 158 Å². The summed E-state index contributed by atoms with van der Waals surface area (Å²) in [7, 11) is 0. The molecule has 1 aromatic heterocycles. The molecule has 0 aliphatic heterocycles. The Labute approximate surface area is 280 Å². The van der Waals surface area contributed by atoms with Crippen LogP contribution in [0.5, 0.6) is 0 Å². The third-order valence-corrected chi connectivity index (χ3v) is 11.1. The maximum absolute atomic E-state index is 6.83. The summed E-state index contributed by atoms with van der Waals surface area (Å²) in [4.78, 5) is 0.